The van der Waals surface area contributed by atoms with E-state index in [1.807, 2.05) is 24.3 Å². The lowest BCUT2D eigenvalue weighted by atomic mass is 10.2. The molecule has 6 nitrogen and oxygen atoms in total. The van der Waals surface area contributed by atoms with Crippen LogP contribution >= 0.6 is 11.6 Å². The number of rotatable bonds is 4. The van der Waals surface area contributed by atoms with Crippen LogP contribution in [0.3, 0.4) is 0 Å². The molecule has 7 heteroatoms. The summed E-state index contributed by atoms with van der Waals surface area (Å²) in [5, 5.41) is 3.37. The van der Waals surface area contributed by atoms with Crippen molar-refractivity contribution >= 4 is 34.8 Å². The standard InChI is InChI=1S/C19H21ClN4O2/c20-15-3-7-17(8-4-15)23-9-11-24(12-10-23)18(25)13-22-19(26)14-1-5-16(21)6-2-14/h1-8H,9-13,21H2,(H,22,26). The van der Waals surface area contributed by atoms with Gasteiger partial charge < -0.3 is 20.9 Å². The van der Waals surface area contributed by atoms with Crippen LogP contribution in [0.5, 0.6) is 0 Å². The number of hydrogen-bond donors (Lipinski definition) is 2. The highest BCUT2D eigenvalue weighted by molar-refractivity contribution is 6.30. The van der Waals surface area contributed by atoms with E-state index in [1.165, 1.54) is 0 Å². The molecule has 0 radical (unpaired) electrons. The van der Waals surface area contributed by atoms with Gasteiger partial charge in [0.15, 0.2) is 0 Å². The van der Waals surface area contributed by atoms with Gasteiger partial charge in [0.1, 0.15) is 0 Å². The lowest BCUT2D eigenvalue weighted by Gasteiger charge is -2.36. The summed E-state index contributed by atoms with van der Waals surface area (Å²) in [5.74, 6) is -0.359. The number of nitrogens with two attached hydrogens (primary N) is 1. The highest BCUT2D eigenvalue weighted by Gasteiger charge is 2.21. The van der Waals surface area contributed by atoms with Crippen molar-refractivity contribution in [3.63, 3.8) is 0 Å². The first-order valence-corrected chi connectivity index (χ1v) is 8.83. The first-order chi connectivity index (χ1) is 12.5. The molecule has 0 aromatic heterocycles. The fourth-order valence-electron chi connectivity index (χ4n) is 2.87. The van der Waals surface area contributed by atoms with Gasteiger partial charge in [0.2, 0.25) is 5.91 Å². The molecule has 0 saturated carbocycles. The van der Waals surface area contributed by atoms with E-state index in [0.29, 0.717) is 29.4 Å². The SMILES string of the molecule is Nc1ccc(C(=O)NCC(=O)N2CCN(c3ccc(Cl)cc3)CC2)cc1. The Balaban J connectivity index is 1.47. The molecule has 136 valence electrons. The molecule has 1 aliphatic rings. The van der Waals surface area contributed by atoms with Gasteiger partial charge >= 0.3 is 0 Å². The Bertz CT molecular complexity index is 769. The van der Waals surface area contributed by atoms with Gasteiger partial charge in [0.25, 0.3) is 5.91 Å². The first kappa shape index (κ1) is 18.1. The monoisotopic (exact) mass is 372 g/mol. The zero-order chi connectivity index (χ0) is 18.5. The summed E-state index contributed by atoms with van der Waals surface area (Å²) in [4.78, 5) is 28.4. The van der Waals surface area contributed by atoms with Crippen molar-refractivity contribution < 1.29 is 9.59 Å². The van der Waals surface area contributed by atoms with Crippen molar-refractivity contribution in [2.24, 2.45) is 0 Å². The predicted molar refractivity (Wildman–Crippen MR) is 103 cm³/mol. The van der Waals surface area contributed by atoms with Gasteiger partial charge in [-0.05, 0) is 48.5 Å². The number of carbonyl (C=O) groups excluding carboxylic acids is 2. The Morgan fingerprint density at radius 2 is 1.58 bits per heavy atom. The third-order valence-corrected chi connectivity index (χ3v) is 4.65. The lowest BCUT2D eigenvalue weighted by Crippen LogP contribution is -2.51. The van der Waals surface area contributed by atoms with Crippen LogP contribution in [0, 0.1) is 0 Å². The number of hydrogen-bond acceptors (Lipinski definition) is 4. The molecule has 1 heterocycles. The highest BCUT2D eigenvalue weighted by atomic mass is 35.5. The number of nitrogens with zero attached hydrogens (tertiary/aromatic N) is 2. The van der Waals surface area contributed by atoms with Gasteiger partial charge in [-0.1, -0.05) is 11.6 Å². The normalized spacial score (nSPS) is 14.2. The van der Waals surface area contributed by atoms with Crippen LogP contribution in [-0.4, -0.2) is 49.4 Å². The molecule has 26 heavy (non-hydrogen) atoms. The largest absolute Gasteiger partial charge is 0.399 e. The summed E-state index contributed by atoms with van der Waals surface area (Å²) in [5.41, 5.74) is 7.78. The Morgan fingerprint density at radius 3 is 2.19 bits per heavy atom. The van der Waals surface area contributed by atoms with Gasteiger partial charge in [-0.25, -0.2) is 0 Å². The number of anilines is 2. The van der Waals surface area contributed by atoms with Crippen LogP contribution in [0.15, 0.2) is 48.5 Å². The van der Waals surface area contributed by atoms with E-state index in [4.69, 9.17) is 17.3 Å². The molecule has 0 atom stereocenters. The van der Waals surface area contributed by atoms with Gasteiger partial charge in [-0.2, -0.15) is 0 Å². The van der Waals surface area contributed by atoms with E-state index in [0.717, 1.165) is 18.8 Å². The van der Waals surface area contributed by atoms with Crippen LogP contribution in [0.4, 0.5) is 11.4 Å². The van der Waals surface area contributed by atoms with Crippen LogP contribution in [0.25, 0.3) is 0 Å². The zero-order valence-electron chi connectivity index (χ0n) is 14.3. The van der Waals surface area contributed by atoms with Crippen LogP contribution in [0.1, 0.15) is 10.4 Å². The second kappa shape index (κ2) is 8.10. The molecule has 0 aliphatic carbocycles. The molecule has 0 bridgehead atoms. The van der Waals surface area contributed by atoms with Gasteiger partial charge in [0, 0.05) is 48.1 Å². The van der Waals surface area contributed by atoms with Crippen molar-refractivity contribution in [1.29, 1.82) is 0 Å². The fraction of sp³-hybridized carbons (Fsp3) is 0.263. The molecular weight excluding hydrogens is 352 g/mol. The maximum atomic E-state index is 12.3. The minimum absolute atomic E-state index is 0.00977. The minimum atomic E-state index is -0.279. The number of nitrogen functional groups attached to an aromatic ring is 1. The molecule has 2 aromatic carbocycles. The Labute approximate surface area is 157 Å². The maximum Gasteiger partial charge on any atom is 0.251 e. The van der Waals surface area contributed by atoms with Crippen molar-refractivity contribution in [3.8, 4) is 0 Å². The third kappa shape index (κ3) is 4.46. The van der Waals surface area contributed by atoms with Gasteiger partial charge in [-0.3, -0.25) is 9.59 Å². The molecule has 0 unspecified atom stereocenters. The average Bonchev–Trinajstić information content (AvgIpc) is 2.67. The van der Waals surface area contributed by atoms with Gasteiger partial charge in [-0.15, -0.1) is 0 Å². The van der Waals surface area contributed by atoms with E-state index in [-0.39, 0.29) is 18.4 Å². The Morgan fingerprint density at radius 1 is 0.962 bits per heavy atom. The summed E-state index contributed by atoms with van der Waals surface area (Å²) < 4.78 is 0. The zero-order valence-corrected chi connectivity index (χ0v) is 15.1. The number of carbonyl (C=O) groups is 2. The van der Waals surface area contributed by atoms with E-state index in [9.17, 15) is 9.59 Å². The molecular formula is C19H21ClN4O2. The van der Waals surface area contributed by atoms with E-state index in [2.05, 4.69) is 10.2 Å². The second-order valence-corrected chi connectivity index (χ2v) is 6.59. The van der Waals surface area contributed by atoms with Crippen molar-refractivity contribution in [3.05, 3.63) is 59.1 Å². The van der Waals surface area contributed by atoms with Crippen LogP contribution in [0.2, 0.25) is 5.02 Å². The molecule has 2 amide bonds. The molecule has 2 aromatic rings. The molecule has 1 aliphatic heterocycles. The highest BCUT2D eigenvalue weighted by Crippen LogP contribution is 2.19. The summed E-state index contributed by atoms with van der Waals surface area (Å²) >= 11 is 5.92. The van der Waals surface area contributed by atoms with Gasteiger partial charge in [0.05, 0.1) is 6.54 Å². The Kier molecular flexibility index (Phi) is 5.63. The molecule has 3 N–H and O–H groups in total. The van der Waals surface area contributed by atoms with Crippen LogP contribution in [-0.2, 0) is 4.79 Å². The number of benzene rings is 2. The second-order valence-electron chi connectivity index (χ2n) is 6.15. The van der Waals surface area contributed by atoms with Crippen molar-refractivity contribution in [1.82, 2.24) is 10.2 Å². The maximum absolute atomic E-state index is 12.3. The topological polar surface area (TPSA) is 78.7 Å². The fourth-order valence-corrected chi connectivity index (χ4v) is 3.00. The van der Waals surface area contributed by atoms with E-state index < -0.39 is 0 Å². The molecule has 3 rings (SSSR count). The number of piperazine rings is 1. The number of halogens is 1. The third-order valence-electron chi connectivity index (χ3n) is 4.40. The quantitative estimate of drug-likeness (QED) is 0.804. The minimum Gasteiger partial charge on any atom is -0.399 e. The molecule has 1 fully saturated rings. The van der Waals surface area contributed by atoms with Crippen molar-refractivity contribution in [2.75, 3.05) is 43.4 Å². The first-order valence-electron chi connectivity index (χ1n) is 8.45. The molecule has 1 saturated heterocycles. The van der Waals surface area contributed by atoms with Crippen LogP contribution < -0.4 is 16.0 Å². The predicted octanol–water partition coefficient (Wildman–Crippen LogP) is 2.00. The number of nitrogens with one attached hydrogen (secondary N) is 1. The average molecular weight is 373 g/mol. The summed E-state index contributed by atoms with van der Waals surface area (Å²) in [6.45, 7) is 2.74. The summed E-state index contributed by atoms with van der Waals surface area (Å²) in [6.07, 6.45) is 0. The number of amides is 2. The Hall–Kier alpha value is -2.73. The van der Waals surface area contributed by atoms with E-state index >= 15 is 0 Å². The lowest BCUT2D eigenvalue weighted by molar-refractivity contribution is -0.130. The summed E-state index contributed by atoms with van der Waals surface area (Å²) in [6, 6.07) is 14.3. The van der Waals surface area contributed by atoms with E-state index in [1.54, 1.807) is 29.2 Å². The smallest absolute Gasteiger partial charge is 0.251 e. The van der Waals surface area contributed by atoms with Crippen molar-refractivity contribution in [2.45, 2.75) is 0 Å². The summed E-state index contributed by atoms with van der Waals surface area (Å²) in [7, 11) is 0. The molecule has 0 spiro atoms.